The summed E-state index contributed by atoms with van der Waals surface area (Å²) >= 11 is 1.33. The van der Waals surface area contributed by atoms with E-state index in [0.717, 1.165) is 5.56 Å². The summed E-state index contributed by atoms with van der Waals surface area (Å²) in [5.41, 5.74) is 2.05. The van der Waals surface area contributed by atoms with E-state index >= 15 is 0 Å². The van der Waals surface area contributed by atoms with Gasteiger partial charge < -0.3 is 5.32 Å². The highest BCUT2D eigenvalue weighted by Gasteiger charge is 2.11. The van der Waals surface area contributed by atoms with Crippen LogP contribution in [0.15, 0.2) is 35.7 Å². The van der Waals surface area contributed by atoms with Gasteiger partial charge in [-0.05, 0) is 36.2 Å². The van der Waals surface area contributed by atoms with E-state index in [9.17, 15) is 4.79 Å². The maximum atomic E-state index is 12.0. The van der Waals surface area contributed by atoms with Gasteiger partial charge >= 0.3 is 0 Å². The Morgan fingerprint density at radius 3 is 2.86 bits per heavy atom. The van der Waals surface area contributed by atoms with E-state index in [-0.39, 0.29) is 12.5 Å². The Morgan fingerprint density at radius 1 is 1.32 bits per heavy atom. The quantitative estimate of drug-likeness (QED) is 0.920. The van der Waals surface area contributed by atoms with Crippen molar-refractivity contribution in [3.63, 3.8) is 0 Å². The molecule has 1 heterocycles. The summed E-state index contributed by atoms with van der Waals surface area (Å²) in [6, 6.07) is 13.1. The molecule has 0 saturated carbocycles. The molecule has 0 saturated heterocycles. The number of hydrogen-bond donors (Lipinski definition) is 1. The van der Waals surface area contributed by atoms with Crippen molar-refractivity contribution < 1.29 is 4.79 Å². The summed E-state index contributed by atoms with van der Waals surface area (Å²) in [5.74, 6) is -0.169. The zero-order chi connectivity index (χ0) is 15.9. The first-order valence-corrected chi connectivity index (χ1v) is 7.45. The molecule has 5 nitrogen and oxygen atoms in total. The van der Waals surface area contributed by atoms with Crippen LogP contribution in [0.5, 0.6) is 0 Å². The van der Waals surface area contributed by atoms with Gasteiger partial charge in [0.2, 0.25) is 5.91 Å². The molecule has 1 aromatic carbocycles. The molecule has 0 bridgehead atoms. The van der Waals surface area contributed by atoms with Gasteiger partial charge in [0.15, 0.2) is 0 Å². The predicted octanol–water partition coefficient (Wildman–Crippen LogP) is 2.56. The minimum Gasteiger partial charge on any atom is -0.315 e. The van der Waals surface area contributed by atoms with Crippen molar-refractivity contribution in [2.45, 2.75) is 6.54 Å². The van der Waals surface area contributed by atoms with Crippen LogP contribution in [0.2, 0.25) is 0 Å². The molecule has 0 aliphatic rings. The van der Waals surface area contributed by atoms with Crippen LogP contribution in [-0.2, 0) is 11.3 Å². The summed E-state index contributed by atoms with van der Waals surface area (Å²) in [4.78, 5) is 13.8. The SMILES string of the molecule is CN(CC(=O)Nc1sccc1C#N)Cc1cccc(C#N)c1. The van der Waals surface area contributed by atoms with Crippen molar-refractivity contribution in [3.8, 4) is 12.1 Å². The lowest BCUT2D eigenvalue weighted by Crippen LogP contribution is -2.29. The van der Waals surface area contributed by atoms with Crippen LogP contribution in [-0.4, -0.2) is 24.4 Å². The number of benzene rings is 1. The van der Waals surface area contributed by atoms with Crippen LogP contribution >= 0.6 is 11.3 Å². The number of carbonyl (C=O) groups excluding carboxylic acids is 1. The van der Waals surface area contributed by atoms with Crippen molar-refractivity contribution >= 4 is 22.2 Å². The molecule has 22 heavy (non-hydrogen) atoms. The summed E-state index contributed by atoms with van der Waals surface area (Å²) < 4.78 is 0. The molecule has 0 unspecified atom stereocenters. The predicted molar refractivity (Wildman–Crippen MR) is 85.2 cm³/mol. The molecule has 110 valence electrons. The Hall–Kier alpha value is -2.67. The van der Waals surface area contributed by atoms with Gasteiger partial charge in [-0.15, -0.1) is 11.3 Å². The molecular weight excluding hydrogens is 296 g/mol. The number of carbonyl (C=O) groups is 1. The lowest BCUT2D eigenvalue weighted by atomic mass is 10.1. The average molecular weight is 310 g/mol. The Morgan fingerprint density at radius 2 is 2.14 bits per heavy atom. The third kappa shape index (κ3) is 4.16. The molecule has 2 aromatic rings. The molecular formula is C16H14N4OS. The second-order valence-electron chi connectivity index (χ2n) is 4.81. The van der Waals surface area contributed by atoms with Crippen LogP contribution < -0.4 is 5.32 Å². The highest BCUT2D eigenvalue weighted by atomic mass is 32.1. The molecule has 0 fully saturated rings. The summed E-state index contributed by atoms with van der Waals surface area (Å²) in [7, 11) is 1.83. The maximum Gasteiger partial charge on any atom is 0.239 e. The molecule has 1 N–H and O–H groups in total. The summed E-state index contributed by atoms with van der Waals surface area (Å²) in [6.07, 6.45) is 0. The second-order valence-corrected chi connectivity index (χ2v) is 5.72. The highest BCUT2D eigenvalue weighted by Crippen LogP contribution is 2.21. The lowest BCUT2D eigenvalue weighted by Gasteiger charge is -2.16. The molecule has 6 heteroatoms. The molecule has 2 rings (SSSR count). The van der Waals surface area contributed by atoms with Gasteiger partial charge in [0, 0.05) is 6.54 Å². The minimum absolute atomic E-state index is 0.169. The standard InChI is InChI=1S/C16H14N4OS/c1-20(10-13-4-2-3-12(7-13)8-17)11-15(21)19-16-14(9-18)5-6-22-16/h2-7H,10-11H2,1H3,(H,19,21). The number of amides is 1. The van der Waals surface area contributed by atoms with E-state index in [0.29, 0.717) is 22.7 Å². The molecule has 0 radical (unpaired) electrons. The van der Waals surface area contributed by atoms with Gasteiger partial charge in [-0.1, -0.05) is 12.1 Å². The topological polar surface area (TPSA) is 79.9 Å². The van der Waals surface area contributed by atoms with Crippen LogP contribution in [0.25, 0.3) is 0 Å². The molecule has 0 aliphatic carbocycles. The van der Waals surface area contributed by atoms with E-state index in [2.05, 4.69) is 11.4 Å². The Balaban J connectivity index is 1.91. The fourth-order valence-corrected chi connectivity index (χ4v) is 2.77. The molecule has 1 amide bonds. The van der Waals surface area contributed by atoms with Crippen LogP contribution in [0.4, 0.5) is 5.00 Å². The number of hydrogen-bond acceptors (Lipinski definition) is 5. The highest BCUT2D eigenvalue weighted by molar-refractivity contribution is 7.14. The number of nitrogens with zero attached hydrogens (tertiary/aromatic N) is 3. The number of likely N-dealkylation sites (N-methyl/N-ethyl adjacent to an activating group) is 1. The summed E-state index contributed by atoms with van der Waals surface area (Å²) in [5, 5.41) is 22.9. The number of thiophene rings is 1. The zero-order valence-electron chi connectivity index (χ0n) is 12.0. The number of anilines is 1. The minimum atomic E-state index is -0.169. The van der Waals surface area contributed by atoms with Gasteiger partial charge in [0.1, 0.15) is 11.1 Å². The van der Waals surface area contributed by atoms with E-state index in [1.165, 1.54) is 11.3 Å². The maximum absolute atomic E-state index is 12.0. The molecule has 1 aromatic heterocycles. The van der Waals surface area contributed by atoms with Gasteiger partial charge in [-0.2, -0.15) is 10.5 Å². The zero-order valence-corrected chi connectivity index (χ0v) is 12.9. The Labute approximate surface area is 133 Å². The van der Waals surface area contributed by atoms with Crippen molar-refractivity contribution in [1.82, 2.24) is 4.90 Å². The third-order valence-corrected chi connectivity index (χ3v) is 3.79. The Kier molecular flexibility index (Phi) is 5.26. The number of rotatable bonds is 5. The molecule has 0 spiro atoms. The van der Waals surface area contributed by atoms with Crippen molar-refractivity contribution in [3.05, 3.63) is 52.4 Å². The Bertz CT molecular complexity index is 754. The number of nitriles is 2. The lowest BCUT2D eigenvalue weighted by molar-refractivity contribution is -0.117. The van der Waals surface area contributed by atoms with Crippen LogP contribution in [0.3, 0.4) is 0 Å². The van der Waals surface area contributed by atoms with Gasteiger partial charge in [0.25, 0.3) is 0 Å². The fraction of sp³-hybridized carbons (Fsp3) is 0.188. The van der Waals surface area contributed by atoms with E-state index in [1.54, 1.807) is 17.5 Å². The fourth-order valence-electron chi connectivity index (χ4n) is 2.01. The first kappa shape index (κ1) is 15.7. The van der Waals surface area contributed by atoms with Crippen molar-refractivity contribution in [2.75, 3.05) is 18.9 Å². The smallest absolute Gasteiger partial charge is 0.239 e. The first-order chi connectivity index (χ1) is 10.6. The molecule has 0 atom stereocenters. The largest absolute Gasteiger partial charge is 0.315 e. The van der Waals surface area contributed by atoms with Crippen molar-refractivity contribution in [2.24, 2.45) is 0 Å². The average Bonchev–Trinajstić information content (AvgIpc) is 2.94. The van der Waals surface area contributed by atoms with Crippen LogP contribution in [0, 0.1) is 22.7 Å². The van der Waals surface area contributed by atoms with Gasteiger partial charge in [0.05, 0.1) is 23.7 Å². The van der Waals surface area contributed by atoms with Crippen LogP contribution in [0.1, 0.15) is 16.7 Å². The second kappa shape index (κ2) is 7.37. The first-order valence-electron chi connectivity index (χ1n) is 6.57. The van der Waals surface area contributed by atoms with E-state index < -0.39 is 0 Å². The van der Waals surface area contributed by atoms with Gasteiger partial charge in [-0.3, -0.25) is 9.69 Å². The van der Waals surface area contributed by atoms with Crippen molar-refractivity contribution in [1.29, 1.82) is 10.5 Å². The summed E-state index contributed by atoms with van der Waals surface area (Å²) in [6.45, 7) is 0.776. The van der Waals surface area contributed by atoms with E-state index in [1.807, 2.05) is 36.2 Å². The number of nitrogens with one attached hydrogen (secondary N) is 1. The van der Waals surface area contributed by atoms with E-state index in [4.69, 9.17) is 10.5 Å². The normalized spacial score (nSPS) is 10.0. The monoisotopic (exact) mass is 310 g/mol. The third-order valence-electron chi connectivity index (χ3n) is 2.96. The molecule has 0 aliphatic heterocycles. The van der Waals surface area contributed by atoms with Gasteiger partial charge in [-0.25, -0.2) is 0 Å².